The average Bonchev–Trinajstić information content (AvgIpc) is 1.86. The van der Waals surface area contributed by atoms with Gasteiger partial charge in [0.05, 0.1) is 0 Å². The van der Waals surface area contributed by atoms with E-state index in [9.17, 15) is 0 Å². The summed E-state index contributed by atoms with van der Waals surface area (Å²) in [5.41, 5.74) is 1.04. The zero-order valence-corrected chi connectivity index (χ0v) is 11.1. The van der Waals surface area contributed by atoms with Crippen LogP contribution in [0.1, 0.15) is 74.7 Å². The van der Waals surface area contributed by atoms with E-state index in [1.807, 2.05) is 13.8 Å². The van der Waals surface area contributed by atoms with Crippen LogP contribution in [0.4, 0.5) is 0 Å². The van der Waals surface area contributed by atoms with E-state index >= 15 is 0 Å². The molecule has 0 aromatic heterocycles. The zero-order valence-electron chi connectivity index (χ0n) is 11.1. The summed E-state index contributed by atoms with van der Waals surface area (Å²) < 4.78 is 0. The summed E-state index contributed by atoms with van der Waals surface area (Å²) in [5.74, 6) is 0. The van der Waals surface area contributed by atoms with Gasteiger partial charge in [0.15, 0.2) is 0 Å². The molecule has 0 aliphatic carbocycles. The van der Waals surface area contributed by atoms with Crippen LogP contribution >= 0.6 is 0 Å². The van der Waals surface area contributed by atoms with Gasteiger partial charge in [-0.3, -0.25) is 0 Å². The van der Waals surface area contributed by atoms with E-state index in [2.05, 4.69) is 41.5 Å². The van der Waals surface area contributed by atoms with Crippen LogP contribution in [0.2, 0.25) is 0 Å². The third kappa shape index (κ3) is 18.8. The van der Waals surface area contributed by atoms with Crippen LogP contribution in [-0.4, -0.2) is 0 Å². The van der Waals surface area contributed by atoms with E-state index in [4.69, 9.17) is 0 Å². The molecule has 0 nitrogen and oxygen atoms in total. The first kappa shape index (κ1) is 15.5. The maximum absolute atomic E-state index is 2.32. The minimum absolute atomic E-state index is 0.519. The summed E-state index contributed by atoms with van der Waals surface area (Å²) >= 11 is 0. The fraction of sp³-hybridized carbons (Fsp3) is 1.00. The van der Waals surface area contributed by atoms with E-state index < -0.39 is 0 Å². The van der Waals surface area contributed by atoms with Crippen molar-refractivity contribution in [1.82, 2.24) is 0 Å². The molecule has 0 fully saturated rings. The molecule has 0 radical (unpaired) electrons. The van der Waals surface area contributed by atoms with Crippen LogP contribution in [0.15, 0.2) is 0 Å². The summed E-state index contributed by atoms with van der Waals surface area (Å²) in [5, 5.41) is 0. The molecule has 82 valence electrons. The topological polar surface area (TPSA) is 0 Å². The van der Waals surface area contributed by atoms with Crippen molar-refractivity contribution in [2.45, 2.75) is 74.7 Å². The first-order valence-electron chi connectivity index (χ1n) is 5.71. The molecule has 0 bridgehead atoms. The quantitative estimate of drug-likeness (QED) is 0.551. The predicted octanol–water partition coefficient (Wildman–Crippen LogP) is 5.28. The van der Waals surface area contributed by atoms with Gasteiger partial charge in [0.2, 0.25) is 0 Å². The highest BCUT2D eigenvalue weighted by Gasteiger charge is 2.13. The lowest BCUT2D eigenvalue weighted by Crippen LogP contribution is -2.09. The lowest BCUT2D eigenvalue weighted by molar-refractivity contribution is 0.301. The second-order valence-electron chi connectivity index (χ2n) is 5.97. The van der Waals surface area contributed by atoms with Gasteiger partial charge >= 0.3 is 0 Å². The van der Waals surface area contributed by atoms with Crippen LogP contribution in [-0.2, 0) is 0 Å². The summed E-state index contributed by atoms with van der Waals surface area (Å²) in [4.78, 5) is 0. The second-order valence-corrected chi connectivity index (χ2v) is 5.97. The van der Waals surface area contributed by atoms with Crippen molar-refractivity contribution < 1.29 is 0 Å². The van der Waals surface area contributed by atoms with E-state index in [0.717, 1.165) is 0 Å². The van der Waals surface area contributed by atoms with Crippen LogP contribution in [0, 0.1) is 10.8 Å². The van der Waals surface area contributed by atoms with Crippen molar-refractivity contribution in [3.8, 4) is 0 Å². The molecule has 0 unspecified atom stereocenters. The maximum Gasteiger partial charge on any atom is -0.0383 e. The molecule has 0 aromatic carbocycles. The molecular formula is C13H30. The van der Waals surface area contributed by atoms with Gasteiger partial charge in [-0.05, 0) is 23.7 Å². The predicted molar refractivity (Wildman–Crippen MR) is 64.1 cm³/mol. The highest BCUT2D eigenvalue weighted by atomic mass is 14.2. The lowest BCUT2D eigenvalue weighted by Gasteiger charge is -2.22. The van der Waals surface area contributed by atoms with E-state index in [-0.39, 0.29) is 0 Å². The lowest BCUT2D eigenvalue weighted by atomic mass is 9.84. The van der Waals surface area contributed by atoms with E-state index in [1.165, 1.54) is 19.3 Å². The minimum Gasteiger partial charge on any atom is -0.0683 e. The monoisotopic (exact) mass is 186 g/mol. The van der Waals surface area contributed by atoms with Gasteiger partial charge in [0.1, 0.15) is 0 Å². The molecule has 0 N–H and O–H groups in total. The molecule has 0 aromatic rings. The van der Waals surface area contributed by atoms with Crippen molar-refractivity contribution in [2.75, 3.05) is 0 Å². The summed E-state index contributed by atoms with van der Waals surface area (Å²) in [6, 6.07) is 0. The zero-order chi connectivity index (χ0) is 11.1. The Morgan fingerprint density at radius 2 is 0.846 bits per heavy atom. The van der Waals surface area contributed by atoms with Gasteiger partial charge in [0, 0.05) is 0 Å². The molecule has 0 spiro atoms. The van der Waals surface area contributed by atoms with Crippen molar-refractivity contribution in [1.29, 1.82) is 0 Å². The smallest absolute Gasteiger partial charge is 0.0383 e. The van der Waals surface area contributed by atoms with Gasteiger partial charge in [-0.15, -0.1) is 0 Å². The van der Waals surface area contributed by atoms with Crippen LogP contribution in [0.25, 0.3) is 0 Å². The normalized spacial score (nSPS) is 12.0. The van der Waals surface area contributed by atoms with Gasteiger partial charge in [-0.1, -0.05) is 61.8 Å². The van der Waals surface area contributed by atoms with E-state index in [0.29, 0.717) is 10.8 Å². The summed E-state index contributed by atoms with van der Waals surface area (Å²) in [6.07, 6.45) is 4.07. The Bertz CT molecular complexity index is 84.2. The standard InChI is InChI=1S/C11H24.C2H6/c1-10(2,3)8-7-9-11(4,5)6;1-2/h7-9H2,1-6H3;1-2H3. The molecule has 0 heterocycles. The first-order valence-corrected chi connectivity index (χ1v) is 5.71. The Balaban J connectivity index is 0. The second kappa shape index (κ2) is 6.45. The van der Waals surface area contributed by atoms with Gasteiger partial charge in [-0.2, -0.15) is 0 Å². The highest BCUT2D eigenvalue weighted by Crippen LogP contribution is 2.27. The Kier molecular flexibility index (Phi) is 7.68. The highest BCUT2D eigenvalue weighted by molar-refractivity contribution is 4.66. The fourth-order valence-corrected chi connectivity index (χ4v) is 1.15. The third-order valence-electron chi connectivity index (χ3n) is 1.85. The van der Waals surface area contributed by atoms with E-state index in [1.54, 1.807) is 0 Å². The Labute approximate surface area is 86.1 Å². The molecular weight excluding hydrogens is 156 g/mol. The van der Waals surface area contributed by atoms with Crippen molar-refractivity contribution in [3.63, 3.8) is 0 Å². The molecule has 0 aliphatic rings. The van der Waals surface area contributed by atoms with Crippen LogP contribution < -0.4 is 0 Å². The molecule has 0 atom stereocenters. The fourth-order valence-electron chi connectivity index (χ4n) is 1.15. The number of rotatable bonds is 2. The van der Waals surface area contributed by atoms with Gasteiger partial charge in [0.25, 0.3) is 0 Å². The van der Waals surface area contributed by atoms with Crippen molar-refractivity contribution in [3.05, 3.63) is 0 Å². The molecule has 0 heteroatoms. The van der Waals surface area contributed by atoms with Crippen molar-refractivity contribution >= 4 is 0 Å². The van der Waals surface area contributed by atoms with Gasteiger partial charge < -0.3 is 0 Å². The summed E-state index contributed by atoms with van der Waals surface area (Å²) in [6.45, 7) is 17.9. The SMILES string of the molecule is CC.CC(C)(C)CCCC(C)(C)C. The molecule has 13 heavy (non-hydrogen) atoms. The van der Waals surface area contributed by atoms with Crippen molar-refractivity contribution in [2.24, 2.45) is 10.8 Å². The number of hydrogen-bond donors (Lipinski definition) is 0. The molecule has 0 saturated heterocycles. The van der Waals surface area contributed by atoms with Gasteiger partial charge in [-0.25, -0.2) is 0 Å². The molecule has 0 aliphatic heterocycles. The third-order valence-corrected chi connectivity index (χ3v) is 1.85. The Morgan fingerprint density at radius 3 is 1.00 bits per heavy atom. The molecule has 0 amide bonds. The molecule has 0 saturated carbocycles. The van der Waals surface area contributed by atoms with Crippen LogP contribution in [0.5, 0.6) is 0 Å². The first-order chi connectivity index (χ1) is 5.71. The van der Waals surface area contributed by atoms with Crippen LogP contribution in [0.3, 0.4) is 0 Å². The minimum atomic E-state index is 0.519. The Morgan fingerprint density at radius 1 is 0.615 bits per heavy atom. The largest absolute Gasteiger partial charge is 0.0683 e. The maximum atomic E-state index is 2.32. The summed E-state index contributed by atoms with van der Waals surface area (Å²) in [7, 11) is 0. The average molecular weight is 186 g/mol. The molecule has 0 rings (SSSR count). The number of hydrogen-bond acceptors (Lipinski definition) is 0. The Hall–Kier alpha value is 0.